The molecular formula is C14H30N2. The van der Waals surface area contributed by atoms with Crippen LogP contribution in [0.4, 0.5) is 0 Å². The van der Waals surface area contributed by atoms with Crippen LogP contribution in [0.15, 0.2) is 0 Å². The van der Waals surface area contributed by atoms with Crippen molar-refractivity contribution >= 4 is 0 Å². The van der Waals surface area contributed by atoms with Gasteiger partial charge in [0.05, 0.1) is 0 Å². The van der Waals surface area contributed by atoms with Crippen molar-refractivity contribution in [3.05, 3.63) is 0 Å². The first-order valence-electron chi connectivity index (χ1n) is 7.03. The van der Waals surface area contributed by atoms with E-state index >= 15 is 0 Å². The van der Waals surface area contributed by atoms with Crippen LogP contribution in [0.5, 0.6) is 0 Å². The summed E-state index contributed by atoms with van der Waals surface area (Å²) in [5.74, 6) is 1.70. The largest absolute Gasteiger partial charge is 0.313 e. The lowest BCUT2D eigenvalue weighted by Gasteiger charge is -2.44. The van der Waals surface area contributed by atoms with Gasteiger partial charge in [-0.1, -0.05) is 27.7 Å². The minimum absolute atomic E-state index is 0.695. The lowest BCUT2D eigenvalue weighted by molar-refractivity contribution is 0.0812. The molecule has 2 heteroatoms. The van der Waals surface area contributed by atoms with Crippen molar-refractivity contribution in [3.63, 3.8) is 0 Å². The molecule has 0 bridgehead atoms. The molecule has 0 heterocycles. The van der Waals surface area contributed by atoms with Crippen LogP contribution in [0.1, 0.15) is 47.0 Å². The Morgan fingerprint density at radius 1 is 1.19 bits per heavy atom. The summed E-state index contributed by atoms with van der Waals surface area (Å²) in [5, 5.41) is 3.69. The van der Waals surface area contributed by atoms with Crippen LogP contribution in [0.3, 0.4) is 0 Å². The summed E-state index contributed by atoms with van der Waals surface area (Å²) in [7, 11) is 2.30. The Morgan fingerprint density at radius 3 is 2.44 bits per heavy atom. The van der Waals surface area contributed by atoms with Gasteiger partial charge in [0.1, 0.15) is 0 Å². The molecule has 96 valence electrons. The minimum atomic E-state index is 0.695. The van der Waals surface area contributed by atoms with Gasteiger partial charge in [-0.05, 0) is 51.2 Å². The van der Waals surface area contributed by atoms with Gasteiger partial charge in [-0.25, -0.2) is 0 Å². The summed E-state index contributed by atoms with van der Waals surface area (Å²) < 4.78 is 0. The Bertz CT molecular complexity index is 189. The van der Waals surface area contributed by atoms with E-state index in [1.54, 1.807) is 0 Å². The molecule has 0 saturated heterocycles. The van der Waals surface area contributed by atoms with Gasteiger partial charge in [0.2, 0.25) is 0 Å². The minimum Gasteiger partial charge on any atom is -0.313 e. The molecule has 4 atom stereocenters. The fourth-order valence-electron chi connectivity index (χ4n) is 3.55. The molecule has 0 radical (unpaired) electrons. The van der Waals surface area contributed by atoms with Gasteiger partial charge in [0, 0.05) is 12.1 Å². The Kier molecular flexibility index (Phi) is 5.77. The predicted octanol–water partition coefficient (Wildman–Crippen LogP) is 2.74. The van der Waals surface area contributed by atoms with Crippen molar-refractivity contribution in [3.8, 4) is 0 Å². The molecule has 0 aromatic carbocycles. The van der Waals surface area contributed by atoms with E-state index in [0.717, 1.165) is 24.4 Å². The molecule has 1 aliphatic carbocycles. The smallest absolute Gasteiger partial charge is 0.0272 e. The topological polar surface area (TPSA) is 15.3 Å². The van der Waals surface area contributed by atoms with E-state index < -0.39 is 0 Å². The summed E-state index contributed by atoms with van der Waals surface area (Å²) >= 11 is 0. The molecule has 1 N–H and O–H groups in total. The molecule has 16 heavy (non-hydrogen) atoms. The van der Waals surface area contributed by atoms with Crippen LogP contribution < -0.4 is 5.32 Å². The first kappa shape index (κ1) is 14.0. The van der Waals surface area contributed by atoms with E-state index in [2.05, 4.69) is 45.0 Å². The van der Waals surface area contributed by atoms with E-state index in [1.807, 2.05) is 0 Å². The monoisotopic (exact) mass is 226 g/mol. The molecule has 1 rings (SSSR count). The van der Waals surface area contributed by atoms with Crippen molar-refractivity contribution in [1.29, 1.82) is 0 Å². The summed E-state index contributed by atoms with van der Waals surface area (Å²) in [6.45, 7) is 11.6. The fraction of sp³-hybridized carbons (Fsp3) is 1.00. The number of hydrogen-bond donors (Lipinski definition) is 1. The van der Waals surface area contributed by atoms with E-state index in [4.69, 9.17) is 0 Å². The van der Waals surface area contributed by atoms with Gasteiger partial charge in [-0.15, -0.1) is 0 Å². The third-order valence-electron chi connectivity index (χ3n) is 3.98. The summed E-state index contributed by atoms with van der Waals surface area (Å²) in [6, 6.07) is 1.43. The second-order valence-corrected chi connectivity index (χ2v) is 5.69. The average Bonchev–Trinajstić information content (AvgIpc) is 2.17. The highest BCUT2D eigenvalue weighted by Crippen LogP contribution is 2.31. The van der Waals surface area contributed by atoms with Gasteiger partial charge in [0.15, 0.2) is 0 Å². The molecule has 4 unspecified atom stereocenters. The molecule has 0 aromatic heterocycles. The van der Waals surface area contributed by atoms with E-state index in [-0.39, 0.29) is 0 Å². The molecule has 0 amide bonds. The van der Waals surface area contributed by atoms with E-state index in [0.29, 0.717) is 6.04 Å². The number of hydrogen-bond acceptors (Lipinski definition) is 2. The van der Waals surface area contributed by atoms with Crippen LogP contribution in [0.2, 0.25) is 0 Å². The Morgan fingerprint density at radius 2 is 1.88 bits per heavy atom. The molecule has 0 spiro atoms. The standard InChI is InChI=1S/C14H30N2/c1-6-8-16(5)14-12(4)9-11(3)10-13(14)15-7-2/h11-15H,6-10H2,1-5H3. The lowest BCUT2D eigenvalue weighted by Crippen LogP contribution is -2.55. The van der Waals surface area contributed by atoms with Crippen LogP contribution in [0, 0.1) is 11.8 Å². The zero-order valence-electron chi connectivity index (χ0n) is 11.8. The maximum Gasteiger partial charge on any atom is 0.0272 e. The molecule has 1 aliphatic rings. The van der Waals surface area contributed by atoms with Crippen LogP contribution >= 0.6 is 0 Å². The first-order chi connectivity index (χ1) is 7.60. The third kappa shape index (κ3) is 3.46. The molecule has 0 aromatic rings. The fourth-order valence-corrected chi connectivity index (χ4v) is 3.55. The summed E-state index contributed by atoms with van der Waals surface area (Å²) in [6.07, 6.45) is 3.99. The van der Waals surface area contributed by atoms with Crippen molar-refractivity contribution in [2.24, 2.45) is 11.8 Å². The van der Waals surface area contributed by atoms with Crippen molar-refractivity contribution in [1.82, 2.24) is 10.2 Å². The number of rotatable bonds is 5. The van der Waals surface area contributed by atoms with Gasteiger partial charge >= 0.3 is 0 Å². The number of nitrogens with zero attached hydrogens (tertiary/aromatic N) is 1. The SMILES string of the molecule is CCCN(C)C1C(C)CC(C)CC1NCC. The van der Waals surface area contributed by atoms with Gasteiger partial charge in [-0.3, -0.25) is 0 Å². The second-order valence-electron chi connectivity index (χ2n) is 5.69. The zero-order valence-corrected chi connectivity index (χ0v) is 11.8. The first-order valence-corrected chi connectivity index (χ1v) is 7.03. The molecule has 1 fully saturated rings. The maximum atomic E-state index is 3.69. The van der Waals surface area contributed by atoms with Crippen molar-refractivity contribution < 1.29 is 0 Å². The van der Waals surface area contributed by atoms with Crippen molar-refractivity contribution in [2.75, 3.05) is 20.1 Å². The molecule has 2 nitrogen and oxygen atoms in total. The normalized spacial score (nSPS) is 35.6. The van der Waals surface area contributed by atoms with Crippen LogP contribution in [0.25, 0.3) is 0 Å². The Balaban J connectivity index is 2.66. The van der Waals surface area contributed by atoms with Crippen molar-refractivity contribution in [2.45, 2.75) is 59.0 Å². The number of nitrogens with one attached hydrogen (secondary N) is 1. The average molecular weight is 226 g/mol. The third-order valence-corrected chi connectivity index (χ3v) is 3.98. The highest BCUT2D eigenvalue weighted by Gasteiger charge is 2.35. The Labute approximate surface area is 102 Å². The highest BCUT2D eigenvalue weighted by atomic mass is 15.2. The van der Waals surface area contributed by atoms with Crippen LogP contribution in [-0.2, 0) is 0 Å². The predicted molar refractivity (Wildman–Crippen MR) is 71.7 cm³/mol. The summed E-state index contributed by atoms with van der Waals surface area (Å²) in [5.41, 5.74) is 0. The summed E-state index contributed by atoms with van der Waals surface area (Å²) in [4.78, 5) is 2.57. The van der Waals surface area contributed by atoms with Gasteiger partial charge in [0.25, 0.3) is 0 Å². The van der Waals surface area contributed by atoms with E-state index in [1.165, 1.54) is 25.8 Å². The van der Waals surface area contributed by atoms with Gasteiger partial charge < -0.3 is 10.2 Å². The zero-order chi connectivity index (χ0) is 12.1. The molecular weight excluding hydrogens is 196 g/mol. The molecule has 0 aliphatic heterocycles. The lowest BCUT2D eigenvalue weighted by atomic mass is 9.76. The Hall–Kier alpha value is -0.0800. The maximum absolute atomic E-state index is 3.69. The van der Waals surface area contributed by atoms with Crippen LogP contribution in [-0.4, -0.2) is 37.1 Å². The molecule has 1 saturated carbocycles. The van der Waals surface area contributed by atoms with E-state index in [9.17, 15) is 0 Å². The second kappa shape index (κ2) is 6.61. The quantitative estimate of drug-likeness (QED) is 0.775. The number of likely N-dealkylation sites (N-methyl/N-ethyl adjacent to an activating group) is 2. The van der Waals surface area contributed by atoms with Gasteiger partial charge in [-0.2, -0.15) is 0 Å². The highest BCUT2D eigenvalue weighted by molar-refractivity contribution is 4.92.